The molecule has 2 aromatic rings. The first-order chi connectivity index (χ1) is 17.9. The van der Waals surface area contributed by atoms with Crippen LogP contribution in [0.15, 0.2) is 47.5 Å². The molecule has 0 radical (unpaired) electrons. The van der Waals surface area contributed by atoms with E-state index >= 15 is 0 Å². The van der Waals surface area contributed by atoms with Crippen molar-refractivity contribution in [2.45, 2.75) is 31.8 Å². The molecule has 0 spiro atoms. The monoisotopic (exact) mass is 496 g/mol. The predicted octanol–water partition coefficient (Wildman–Crippen LogP) is 1.74. The van der Waals surface area contributed by atoms with Gasteiger partial charge in [-0.1, -0.05) is 17.9 Å². The molecule has 2 fully saturated rings. The number of carbonyl (C=O) groups is 3. The van der Waals surface area contributed by atoms with Crippen molar-refractivity contribution in [2.24, 2.45) is 10.4 Å². The maximum atomic E-state index is 13.1. The Bertz CT molecular complexity index is 1410. The molecule has 1 atom stereocenters. The lowest BCUT2D eigenvalue weighted by Gasteiger charge is -2.25. The smallest absolute Gasteiger partial charge is 0.254 e. The molecule has 0 aromatic heterocycles. The van der Waals surface area contributed by atoms with Gasteiger partial charge in [0, 0.05) is 29.9 Å². The Hall–Kier alpha value is -4.83. The van der Waals surface area contributed by atoms with Crippen molar-refractivity contribution in [3.05, 3.63) is 59.2 Å². The number of nitrogens with one attached hydrogen (secondary N) is 3. The molecular weight excluding hydrogens is 472 g/mol. The third kappa shape index (κ3) is 5.09. The van der Waals surface area contributed by atoms with Gasteiger partial charge in [-0.15, -0.1) is 0 Å². The topological polar surface area (TPSA) is 136 Å². The van der Waals surface area contributed by atoms with E-state index in [-0.39, 0.29) is 24.9 Å². The molecular formula is C27H24N6O4. The van der Waals surface area contributed by atoms with E-state index in [1.54, 1.807) is 41.3 Å². The minimum atomic E-state index is -1.35. The average Bonchev–Trinajstić information content (AvgIpc) is 3.59. The number of imide groups is 1. The fourth-order valence-corrected chi connectivity index (χ4v) is 4.33. The highest BCUT2D eigenvalue weighted by Gasteiger charge is 2.48. The molecule has 0 bridgehead atoms. The quantitative estimate of drug-likeness (QED) is 0.143. The van der Waals surface area contributed by atoms with Crippen LogP contribution in [0, 0.1) is 28.7 Å². The summed E-state index contributed by atoms with van der Waals surface area (Å²) in [7, 11) is 1.53. The molecule has 2 heterocycles. The number of hydrogen-bond acceptors (Lipinski definition) is 6. The van der Waals surface area contributed by atoms with E-state index in [2.05, 4.69) is 32.8 Å². The average molecular weight is 497 g/mol. The molecule has 3 N–H and O–H groups in total. The highest BCUT2D eigenvalue weighted by Crippen LogP contribution is 2.33. The summed E-state index contributed by atoms with van der Waals surface area (Å²) >= 11 is 0. The summed E-state index contributed by atoms with van der Waals surface area (Å²) in [5.41, 5.74) is 1.35. The lowest BCUT2D eigenvalue weighted by atomic mass is 9.85. The number of carbonyl (C=O) groups excluding carboxylic acids is 3. The van der Waals surface area contributed by atoms with Crippen LogP contribution < -0.4 is 20.7 Å². The molecule has 2 aromatic carbocycles. The second-order valence-corrected chi connectivity index (χ2v) is 9.22. The maximum absolute atomic E-state index is 13.1. The molecule has 186 valence electrons. The number of benzene rings is 2. The summed E-state index contributed by atoms with van der Waals surface area (Å²) in [6.07, 6.45) is 3.77. The van der Waals surface area contributed by atoms with Gasteiger partial charge in [-0.3, -0.25) is 25.0 Å². The van der Waals surface area contributed by atoms with Gasteiger partial charge in [0.25, 0.3) is 5.91 Å². The number of nitriles is 1. The molecule has 37 heavy (non-hydrogen) atoms. The van der Waals surface area contributed by atoms with Gasteiger partial charge in [-0.2, -0.15) is 5.26 Å². The summed E-state index contributed by atoms with van der Waals surface area (Å²) in [5, 5.41) is 16.9. The molecule has 3 aliphatic rings. The lowest BCUT2D eigenvalue weighted by molar-refractivity contribution is -0.127. The minimum Gasteiger partial charge on any atom is -0.497 e. The van der Waals surface area contributed by atoms with Gasteiger partial charge < -0.3 is 15.0 Å². The molecule has 1 saturated heterocycles. The number of guanidine groups is 1. The summed E-state index contributed by atoms with van der Waals surface area (Å²) < 4.78 is 5.23. The van der Waals surface area contributed by atoms with E-state index in [0.717, 1.165) is 18.4 Å². The highest BCUT2D eigenvalue weighted by atomic mass is 16.5. The van der Waals surface area contributed by atoms with Gasteiger partial charge in [0.05, 0.1) is 19.6 Å². The fraction of sp³-hybridized carbons (Fsp3) is 0.296. The second-order valence-electron chi connectivity index (χ2n) is 9.22. The molecule has 10 nitrogen and oxygen atoms in total. The van der Waals surface area contributed by atoms with Crippen LogP contribution in [0.25, 0.3) is 0 Å². The Morgan fingerprint density at radius 1 is 1.22 bits per heavy atom. The zero-order chi connectivity index (χ0) is 26.0. The van der Waals surface area contributed by atoms with Crippen molar-refractivity contribution >= 4 is 29.4 Å². The van der Waals surface area contributed by atoms with Crippen LogP contribution in [0.1, 0.15) is 40.7 Å². The van der Waals surface area contributed by atoms with E-state index in [9.17, 15) is 14.4 Å². The molecule has 10 heteroatoms. The number of anilines is 1. The van der Waals surface area contributed by atoms with Crippen LogP contribution in [-0.2, 0) is 16.1 Å². The van der Waals surface area contributed by atoms with Crippen molar-refractivity contribution in [2.75, 3.05) is 19.0 Å². The molecule has 1 aliphatic carbocycles. The Morgan fingerprint density at radius 3 is 2.65 bits per heavy atom. The van der Waals surface area contributed by atoms with Gasteiger partial charge in [-0.05, 0) is 54.8 Å². The van der Waals surface area contributed by atoms with Gasteiger partial charge in [0.1, 0.15) is 11.2 Å². The van der Waals surface area contributed by atoms with Crippen LogP contribution >= 0.6 is 0 Å². The molecule has 3 amide bonds. The van der Waals surface area contributed by atoms with Gasteiger partial charge in [0.2, 0.25) is 17.8 Å². The first-order valence-electron chi connectivity index (χ1n) is 11.8. The summed E-state index contributed by atoms with van der Waals surface area (Å²) in [5.74, 6) is 5.82. The SMILES string of the molecule is COc1ccc2c(c1)C(=O)N(CC1(C#Cc3ccc(NC(=NC4CC4)NC#N)cc3)CC(=O)NC1=O)C2. The first kappa shape index (κ1) is 23.9. The number of aliphatic imine (C=N–C) groups is 1. The number of fused-ring (bicyclic) bond motifs is 1. The zero-order valence-electron chi connectivity index (χ0n) is 20.1. The number of ether oxygens (including phenoxy) is 1. The molecule has 2 aliphatic heterocycles. The third-order valence-electron chi connectivity index (χ3n) is 6.43. The summed E-state index contributed by atoms with van der Waals surface area (Å²) in [4.78, 5) is 44.1. The summed E-state index contributed by atoms with van der Waals surface area (Å²) in [6.45, 7) is 0.318. The van der Waals surface area contributed by atoms with E-state index in [1.165, 1.54) is 7.11 Å². The number of amides is 3. The van der Waals surface area contributed by atoms with Crippen LogP contribution in [0.3, 0.4) is 0 Å². The standard InChI is InChI=1S/C27H24N6O4/c1-37-21-9-4-18-14-33(24(35)22(18)12-21)15-27(13-23(34)32-25(27)36)11-10-17-2-5-19(6-3-17)30-26(29-16-28)31-20-7-8-20/h2-6,9,12,20H,7-8,13-15H2,1H3,(H2,29,30,31)(H,32,34,36). The third-order valence-corrected chi connectivity index (χ3v) is 6.43. The first-order valence-corrected chi connectivity index (χ1v) is 11.8. The van der Waals surface area contributed by atoms with Crippen LogP contribution in [0.5, 0.6) is 5.75 Å². The maximum Gasteiger partial charge on any atom is 0.254 e. The van der Waals surface area contributed by atoms with Crippen LogP contribution in [0.4, 0.5) is 5.69 Å². The van der Waals surface area contributed by atoms with Crippen molar-refractivity contribution in [1.29, 1.82) is 5.26 Å². The number of methoxy groups -OCH3 is 1. The van der Waals surface area contributed by atoms with E-state index in [4.69, 9.17) is 10.00 Å². The summed E-state index contributed by atoms with van der Waals surface area (Å²) in [6, 6.07) is 12.6. The largest absolute Gasteiger partial charge is 0.497 e. The Morgan fingerprint density at radius 2 is 2.00 bits per heavy atom. The lowest BCUT2D eigenvalue weighted by Crippen LogP contribution is -2.42. The van der Waals surface area contributed by atoms with Gasteiger partial charge in [0.15, 0.2) is 6.19 Å². The van der Waals surface area contributed by atoms with Gasteiger partial charge in [-0.25, -0.2) is 4.99 Å². The molecule has 5 rings (SSSR count). The molecule has 1 unspecified atom stereocenters. The van der Waals surface area contributed by atoms with Crippen LogP contribution in [-0.4, -0.2) is 48.3 Å². The van der Waals surface area contributed by atoms with Crippen molar-refractivity contribution in [1.82, 2.24) is 15.5 Å². The van der Waals surface area contributed by atoms with E-state index < -0.39 is 17.2 Å². The fourth-order valence-electron chi connectivity index (χ4n) is 4.33. The van der Waals surface area contributed by atoms with Crippen molar-refractivity contribution < 1.29 is 19.1 Å². The number of rotatable bonds is 5. The highest BCUT2D eigenvalue weighted by molar-refractivity contribution is 6.08. The number of nitrogens with zero attached hydrogens (tertiary/aromatic N) is 3. The Kier molecular flexibility index (Phi) is 6.24. The normalized spacial score (nSPS) is 20.5. The van der Waals surface area contributed by atoms with Crippen molar-refractivity contribution in [3.8, 4) is 23.8 Å². The predicted molar refractivity (Wildman–Crippen MR) is 134 cm³/mol. The van der Waals surface area contributed by atoms with Gasteiger partial charge >= 0.3 is 0 Å². The molecule has 1 saturated carbocycles. The minimum absolute atomic E-state index is 0.00609. The number of hydrogen-bond donors (Lipinski definition) is 3. The Labute approximate surface area is 213 Å². The van der Waals surface area contributed by atoms with Crippen LogP contribution in [0.2, 0.25) is 0 Å². The van der Waals surface area contributed by atoms with E-state index in [0.29, 0.717) is 35.1 Å². The Balaban J connectivity index is 1.34. The van der Waals surface area contributed by atoms with Crippen molar-refractivity contribution in [3.63, 3.8) is 0 Å². The van der Waals surface area contributed by atoms with E-state index in [1.807, 2.05) is 12.3 Å². The zero-order valence-corrected chi connectivity index (χ0v) is 20.1. The second kappa shape index (κ2) is 9.67.